The minimum absolute atomic E-state index is 0.0406. The second kappa shape index (κ2) is 4.74. The van der Waals surface area contributed by atoms with Crippen molar-refractivity contribution in [2.45, 2.75) is 0 Å². The Hall–Kier alpha value is -2.33. The maximum absolute atomic E-state index is 7.84. The normalized spacial score (nSPS) is 10.6. The Morgan fingerprint density at radius 3 is 2.42 bits per heavy atom. The van der Waals surface area contributed by atoms with Gasteiger partial charge in [-0.2, -0.15) is 4.68 Å². The Kier molecular flexibility index (Phi) is 2.93. The lowest BCUT2D eigenvalue weighted by atomic mass is 10.2. The van der Waals surface area contributed by atoms with E-state index in [-0.39, 0.29) is 5.68 Å². The van der Waals surface area contributed by atoms with Gasteiger partial charge >= 0.3 is 5.68 Å². The molecule has 0 aliphatic heterocycles. The molecule has 1 N–H and O–H groups in total. The van der Waals surface area contributed by atoms with Gasteiger partial charge in [0.2, 0.25) is 5.89 Å². The molecule has 3 aromatic rings. The van der Waals surface area contributed by atoms with E-state index in [9.17, 15) is 0 Å². The molecule has 1 aromatic heterocycles. The van der Waals surface area contributed by atoms with Crippen LogP contribution in [-0.2, 0) is 0 Å². The maximum Gasteiger partial charge on any atom is 0.317 e. The molecule has 4 nitrogen and oxygen atoms in total. The second-order valence-electron chi connectivity index (χ2n) is 3.94. The molecule has 94 valence electrons. The van der Waals surface area contributed by atoms with Crippen LogP contribution in [0.4, 0.5) is 0 Å². The first-order chi connectivity index (χ1) is 9.25. The smallest absolute Gasteiger partial charge is 0.317 e. The number of rotatable bonds is 2. The van der Waals surface area contributed by atoms with Gasteiger partial charge in [-0.25, -0.2) is 5.41 Å². The van der Waals surface area contributed by atoms with E-state index >= 15 is 0 Å². The van der Waals surface area contributed by atoms with Crippen molar-refractivity contribution in [1.29, 1.82) is 5.41 Å². The lowest BCUT2D eigenvalue weighted by Crippen LogP contribution is -2.13. The number of hydrogen-bond donors (Lipinski definition) is 1. The summed E-state index contributed by atoms with van der Waals surface area (Å²) in [6, 6.07) is 16.6. The van der Waals surface area contributed by atoms with Gasteiger partial charge in [0.05, 0.1) is 16.3 Å². The van der Waals surface area contributed by atoms with Crippen molar-refractivity contribution >= 4 is 11.6 Å². The van der Waals surface area contributed by atoms with Crippen LogP contribution in [0.1, 0.15) is 0 Å². The second-order valence-corrected chi connectivity index (χ2v) is 4.35. The third kappa shape index (κ3) is 2.18. The van der Waals surface area contributed by atoms with Crippen LogP contribution in [0.15, 0.2) is 59.0 Å². The fraction of sp³-hybridized carbons (Fsp3) is 0. The Balaban J connectivity index is 2.13. The van der Waals surface area contributed by atoms with Gasteiger partial charge in [0, 0.05) is 0 Å². The molecule has 0 aliphatic rings. The van der Waals surface area contributed by atoms with Crippen LogP contribution >= 0.6 is 11.6 Å². The van der Waals surface area contributed by atoms with Crippen LogP contribution in [0.2, 0.25) is 5.02 Å². The largest absolute Gasteiger partial charge is 0.403 e. The number of halogens is 1. The number of benzene rings is 2. The summed E-state index contributed by atoms with van der Waals surface area (Å²) in [5.74, 6) is 0.333. The molecule has 0 radical (unpaired) electrons. The Morgan fingerprint density at radius 1 is 1.00 bits per heavy atom. The van der Waals surface area contributed by atoms with Crippen LogP contribution < -0.4 is 5.68 Å². The highest BCUT2D eigenvalue weighted by molar-refractivity contribution is 6.33. The quantitative estimate of drug-likeness (QED) is 0.778. The van der Waals surface area contributed by atoms with E-state index in [0.29, 0.717) is 16.5 Å². The van der Waals surface area contributed by atoms with Crippen LogP contribution in [0, 0.1) is 5.41 Å². The molecule has 0 amide bonds. The van der Waals surface area contributed by atoms with Crippen molar-refractivity contribution in [2.75, 3.05) is 0 Å². The molecular formula is C14H10ClN3O. The molecule has 0 saturated carbocycles. The summed E-state index contributed by atoms with van der Waals surface area (Å²) < 4.78 is 6.80. The highest BCUT2D eigenvalue weighted by Crippen LogP contribution is 2.25. The van der Waals surface area contributed by atoms with Gasteiger partial charge in [-0.1, -0.05) is 41.9 Å². The van der Waals surface area contributed by atoms with Gasteiger partial charge in [-0.3, -0.25) is 0 Å². The van der Waals surface area contributed by atoms with Gasteiger partial charge in [-0.15, -0.1) is 5.10 Å². The summed E-state index contributed by atoms with van der Waals surface area (Å²) in [7, 11) is 0. The van der Waals surface area contributed by atoms with Gasteiger partial charge in [-0.05, 0) is 24.3 Å². The molecule has 2 aromatic carbocycles. The summed E-state index contributed by atoms with van der Waals surface area (Å²) >= 11 is 6.10. The first-order valence-electron chi connectivity index (χ1n) is 5.71. The molecule has 0 atom stereocenters. The molecule has 3 rings (SSSR count). The van der Waals surface area contributed by atoms with Gasteiger partial charge in [0.1, 0.15) is 0 Å². The summed E-state index contributed by atoms with van der Waals surface area (Å²) in [6.07, 6.45) is 0. The molecule has 0 fully saturated rings. The molecule has 0 bridgehead atoms. The molecule has 0 spiro atoms. The van der Waals surface area contributed by atoms with Crippen LogP contribution in [0.25, 0.3) is 17.1 Å². The first kappa shape index (κ1) is 11.7. The average Bonchev–Trinajstić information content (AvgIpc) is 2.82. The van der Waals surface area contributed by atoms with E-state index in [1.807, 2.05) is 48.5 Å². The molecule has 19 heavy (non-hydrogen) atoms. The van der Waals surface area contributed by atoms with E-state index in [4.69, 9.17) is 21.4 Å². The zero-order valence-electron chi connectivity index (χ0n) is 9.88. The molecular weight excluding hydrogens is 262 g/mol. The topological polar surface area (TPSA) is 54.8 Å². The zero-order valence-corrected chi connectivity index (χ0v) is 10.6. The van der Waals surface area contributed by atoms with Crippen LogP contribution in [0.5, 0.6) is 0 Å². The summed E-state index contributed by atoms with van der Waals surface area (Å²) in [5, 5.41) is 12.7. The van der Waals surface area contributed by atoms with Gasteiger partial charge in [0.15, 0.2) is 0 Å². The van der Waals surface area contributed by atoms with Crippen molar-refractivity contribution in [3.63, 3.8) is 0 Å². The zero-order chi connectivity index (χ0) is 13.2. The van der Waals surface area contributed by atoms with Crippen molar-refractivity contribution < 1.29 is 4.42 Å². The highest BCUT2D eigenvalue weighted by Gasteiger charge is 2.12. The number of nitrogens with zero attached hydrogens (tertiary/aromatic N) is 2. The molecule has 0 aliphatic carbocycles. The molecule has 1 heterocycles. The van der Waals surface area contributed by atoms with E-state index in [0.717, 1.165) is 5.69 Å². The van der Waals surface area contributed by atoms with Gasteiger partial charge < -0.3 is 4.42 Å². The summed E-state index contributed by atoms with van der Waals surface area (Å²) in [5.41, 5.74) is 1.41. The van der Waals surface area contributed by atoms with Crippen molar-refractivity contribution in [3.05, 3.63) is 65.3 Å². The van der Waals surface area contributed by atoms with E-state index in [2.05, 4.69) is 5.10 Å². The Morgan fingerprint density at radius 2 is 1.68 bits per heavy atom. The standard InChI is InChI=1S/C14H10ClN3O/c15-12-9-5-4-8-11(12)13-17-18(14(16)19-13)10-6-2-1-3-7-10/h1-9,16H. The van der Waals surface area contributed by atoms with E-state index < -0.39 is 0 Å². The predicted molar refractivity (Wildman–Crippen MR) is 72.1 cm³/mol. The predicted octanol–water partition coefficient (Wildman–Crippen LogP) is 3.27. The number of para-hydroxylation sites is 1. The lowest BCUT2D eigenvalue weighted by molar-refractivity contribution is 0.487. The van der Waals surface area contributed by atoms with Crippen LogP contribution in [-0.4, -0.2) is 9.78 Å². The molecule has 0 saturated heterocycles. The number of nitrogens with one attached hydrogen (secondary N) is 1. The monoisotopic (exact) mass is 271 g/mol. The Labute approximate surface area is 114 Å². The highest BCUT2D eigenvalue weighted by atomic mass is 35.5. The maximum atomic E-state index is 7.84. The van der Waals surface area contributed by atoms with Crippen LogP contribution in [0.3, 0.4) is 0 Å². The number of aromatic nitrogens is 2. The summed E-state index contributed by atoms with van der Waals surface area (Å²) in [6.45, 7) is 0. The van der Waals surface area contributed by atoms with Crippen molar-refractivity contribution in [2.24, 2.45) is 0 Å². The summed E-state index contributed by atoms with van der Waals surface area (Å²) in [4.78, 5) is 0. The van der Waals surface area contributed by atoms with E-state index in [1.165, 1.54) is 4.68 Å². The fourth-order valence-corrected chi connectivity index (χ4v) is 2.00. The first-order valence-corrected chi connectivity index (χ1v) is 6.08. The van der Waals surface area contributed by atoms with Crippen molar-refractivity contribution in [3.8, 4) is 17.1 Å². The lowest BCUT2D eigenvalue weighted by Gasteiger charge is -1.98. The fourth-order valence-electron chi connectivity index (χ4n) is 1.78. The molecule has 5 heteroatoms. The third-order valence-corrected chi connectivity index (χ3v) is 3.01. The number of hydrogen-bond acceptors (Lipinski definition) is 3. The Bertz CT molecular complexity index is 762. The molecule has 0 unspecified atom stereocenters. The average molecular weight is 272 g/mol. The third-order valence-electron chi connectivity index (χ3n) is 2.68. The minimum Gasteiger partial charge on any atom is -0.403 e. The SMILES string of the molecule is N=c1oc(-c2ccccc2Cl)nn1-c1ccccc1. The van der Waals surface area contributed by atoms with E-state index in [1.54, 1.807) is 6.07 Å². The van der Waals surface area contributed by atoms with Gasteiger partial charge in [0.25, 0.3) is 0 Å². The minimum atomic E-state index is -0.0406. The van der Waals surface area contributed by atoms with Crippen molar-refractivity contribution in [1.82, 2.24) is 9.78 Å².